The summed E-state index contributed by atoms with van der Waals surface area (Å²) in [7, 11) is 0. The molecule has 4 rings (SSSR count). The molecule has 1 amide bonds. The van der Waals surface area contributed by atoms with E-state index in [0.29, 0.717) is 16.3 Å². The normalized spacial score (nSPS) is 10.7. The van der Waals surface area contributed by atoms with Gasteiger partial charge in [-0.3, -0.25) is 14.2 Å². The van der Waals surface area contributed by atoms with Gasteiger partial charge in [0.05, 0.1) is 22.5 Å². The fourth-order valence-electron chi connectivity index (χ4n) is 2.52. The number of amides is 1. The lowest BCUT2D eigenvalue weighted by molar-refractivity contribution is -0.116. The smallest absolute Gasteiger partial charge is 0.264 e. The average Bonchev–Trinajstić information content (AvgIpc) is 3.36. The van der Waals surface area contributed by atoms with Crippen LogP contribution in [0.2, 0.25) is 0 Å². The molecular formula is C19H14N4O2S2. The van der Waals surface area contributed by atoms with Gasteiger partial charge in [0, 0.05) is 17.3 Å². The number of anilines is 1. The Hall–Kier alpha value is -3.10. The number of carbonyl (C=O) groups excluding carboxylic acids is 1. The number of nitrogens with zero attached hydrogens (tertiary/aromatic N) is 3. The van der Waals surface area contributed by atoms with Crippen LogP contribution >= 0.6 is 22.7 Å². The largest absolute Gasteiger partial charge is 0.325 e. The summed E-state index contributed by atoms with van der Waals surface area (Å²) in [6.07, 6.45) is 2.86. The van der Waals surface area contributed by atoms with Gasteiger partial charge in [0.1, 0.15) is 11.6 Å². The molecule has 1 N–H and O–H groups in total. The Morgan fingerprint density at radius 3 is 2.74 bits per heavy atom. The molecule has 1 aromatic carbocycles. The van der Waals surface area contributed by atoms with Gasteiger partial charge in [-0.15, -0.1) is 22.7 Å². The van der Waals surface area contributed by atoms with Crippen LogP contribution in [0.15, 0.2) is 70.5 Å². The van der Waals surface area contributed by atoms with Crippen molar-refractivity contribution in [2.45, 2.75) is 6.54 Å². The molecule has 4 aromatic rings. The van der Waals surface area contributed by atoms with Crippen molar-refractivity contribution in [2.75, 3.05) is 5.32 Å². The Morgan fingerprint density at radius 1 is 1.11 bits per heavy atom. The maximum atomic E-state index is 12.8. The number of benzene rings is 1. The van der Waals surface area contributed by atoms with E-state index in [2.05, 4.69) is 15.3 Å². The topological polar surface area (TPSA) is 76.9 Å². The minimum absolute atomic E-state index is 0.113. The number of thiazole rings is 1. The highest BCUT2D eigenvalue weighted by molar-refractivity contribution is 7.15. The van der Waals surface area contributed by atoms with Crippen molar-refractivity contribution in [3.05, 3.63) is 76.1 Å². The summed E-state index contributed by atoms with van der Waals surface area (Å²) >= 11 is 2.98. The molecule has 0 spiro atoms. The van der Waals surface area contributed by atoms with Crippen LogP contribution in [0.5, 0.6) is 0 Å². The van der Waals surface area contributed by atoms with Crippen molar-refractivity contribution in [3.63, 3.8) is 0 Å². The molecule has 6 nitrogen and oxygen atoms in total. The van der Waals surface area contributed by atoms with E-state index < -0.39 is 0 Å². The second kappa shape index (κ2) is 7.65. The number of carbonyl (C=O) groups is 1. The Kier molecular flexibility index (Phi) is 4.91. The van der Waals surface area contributed by atoms with Gasteiger partial charge in [-0.05, 0) is 23.6 Å². The highest BCUT2D eigenvalue weighted by Gasteiger charge is 2.14. The number of aromatic nitrogens is 3. The van der Waals surface area contributed by atoms with Crippen molar-refractivity contribution < 1.29 is 4.79 Å². The average molecular weight is 394 g/mol. The van der Waals surface area contributed by atoms with E-state index in [9.17, 15) is 9.59 Å². The number of hydrogen-bond acceptors (Lipinski definition) is 6. The zero-order valence-electron chi connectivity index (χ0n) is 14.0. The lowest BCUT2D eigenvalue weighted by Crippen LogP contribution is -2.28. The van der Waals surface area contributed by atoms with Gasteiger partial charge in [-0.25, -0.2) is 9.97 Å². The third kappa shape index (κ3) is 3.86. The minimum Gasteiger partial charge on any atom is -0.325 e. The Balaban J connectivity index is 1.56. The van der Waals surface area contributed by atoms with Gasteiger partial charge >= 0.3 is 0 Å². The molecule has 0 radical (unpaired) electrons. The van der Waals surface area contributed by atoms with Crippen molar-refractivity contribution in [3.8, 4) is 21.1 Å². The lowest BCUT2D eigenvalue weighted by Gasteiger charge is -2.07. The molecule has 0 saturated carbocycles. The number of rotatable bonds is 5. The summed E-state index contributed by atoms with van der Waals surface area (Å²) in [5.74, 6) is -0.291. The Labute approximate surface area is 162 Å². The van der Waals surface area contributed by atoms with Crippen molar-refractivity contribution in [1.29, 1.82) is 0 Å². The molecular weight excluding hydrogens is 380 g/mol. The molecule has 0 aliphatic carbocycles. The summed E-state index contributed by atoms with van der Waals surface area (Å²) in [6, 6.07) is 13.1. The molecule has 0 aliphatic heterocycles. The molecule has 0 fully saturated rings. The van der Waals surface area contributed by atoms with Gasteiger partial charge in [-0.1, -0.05) is 24.3 Å². The zero-order valence-corrected chi connectivity index (χ0v) is 15.7. The van der Waals surface area contributed by atoms with Crippen LogP contribution in [-0.4, -0.2) is 20.4 Å². The predicted octanol–water partition coefficient (Wildman–Crippen LogP) is 3.73. The van der Waals surface area contributed by atoms with Crippen molar-refractivity contribution in [2.24, 2.45) is 0 Å². The van der Waals surface area contributed by atoms with Crippen LogP contribution in [0.25, 0.3) is 21.1 Å². The van der Waals surface area contributed by atoms with Crippen LogP contribution in [0.3, 0.4) is 0 Å². The zero-order chi connectivity index (χ0) is 18.6. The minimum atomic E-state index is -0.291. The first-order chi connectivity index (χ1) is 13.2. The molecule has 0 saturated heterocycles. The number of nitrogens with one attached hydrogen (secondary N) is 1. The molecule has 3 heterocycles. The van der Waals surface area contributed by atoms with Crippen LogP contribution in [-0.2, 0) is 11.3 Å². The first kappa shape index (κ1) is 17.3. The maximum Gasteiger partial charge on any atom is 0.264 e. The molecule has 27 heavy (non-hydrogen) atoms. The van der Waals surface area contributed by atoms with Gasteiger partial charge in [0.25, 0.3) is 5.56 Å². The monoisotopic (exact) mass is 394 g/mol. The lowest BCUT2D eigenvalue weighted by atomic mass is 10.3. The van der Waals surface area contributed by atoms with Crippen LogP contribution in [0.1, 0.15) is 0 Å². The molecule has 0 bridgehead atoms. The fraction of sp³-hybridized carbons (Fsp3) is 0.0526. The molecule has 8 heteroatoms. The van der Waals surface area contributed by atoms with Gasteiger partial charge in [0.2, 0.25) is 5.91 Å². The van der Waals surface area contributed by atoms with E-state index in [1.54, 1.807) is 23.5 Å². The van der Waals surface area contributed by atoms with E-state index in [0.717, 1.165) is 10.6 Å². The van der Waals surface area contributed by atoms with Crippen LogP contribution < -0.4 is 10.9 Å². The standard InChI is InChI=1S/C19H14N4O2S2/c24-17(21-13-5-2-1-3-6-13)10-23-12-20-9-14(19(23)25)18-22-15(11-27-18)16-7-4-8-26-16/h1-9,11-12H,10H2,(H,21,24). The highest BCUT2D eigenvalue weighted by atomic mass is 32.1. The summed E-state index contributed by atoms with van der Waals surface area (Å²) in [5.41, 5.74) is 1.61. The molecule has 0 unspecified atom stereocenters. The molecule has 3 aromatic heterocycles. The quantitative estimate of drug-likeness (QED) is 0.559. The van der Waals surface area contributed by atoms with E-state index in [1.165, 1.54) is 28.4 Å². The summed E-state index contributed by atoms with van der Waals surface area (Å²) in [5, 5.41) is 7.25. The van der Waals surface area contributed by atoms with Crippen LogP contribution in [0.4, 0.5) is 5.69 Å². The Morgan fingerprint density at radius 2 is 1.96 bits per heavy atom. The van der Waals surface area contributed by atoms with Gasteiger partial charge in [-0.2, -0.15) is 0 Å². The van der Waals surface area contributed by atoms with Crippen molar-refractivity contribution >= 4 is 34.3 Å². The van der Waals surface area contributed by atoms with E-state index in [1.807, 2.05) is 41.1 Å². The van der Waals surface area contributed by atoms with Gasteiger partial charge in [0.15, 0.2) is 0 Å². The summed E-state index contributed by atoms with van der Waals surface area (Å²) in [4.78, 5) is 34.7. The van der Waals surface area contributed by atoms with Crippen LogP contribution in [0, 0.1) is 0 Å². The first-order valence-electron chi connectivity index (χ1n) is 8.10. The second-order valence-corrected chi connectivity index (χ2v) is 7.48. The number of thiophene rings is 1. The third-order valence-electron chi connectivity index (χ3n) is 3.78. The molecule has 134 valence electrons. The van der Waals surface area contributed by atoms with Crippen molar-refractivity contribution in [1.82, 2.24) is 14.5 Å². The van der Waals surface area contributed by atoms with Gasteiger partial charge < -0.3 is 5.32 Å². The van der Waals surface area contributed by atoms with E-state index >= 15 is 0 Å². The molecule has 0 aliphatic rings. The van der Waals surface area contributed by atoms with E-state index in [4.69, 9.17) is 0 Å². The predicted molar refractivity (Wildman–Crippen MR) is 108 cm³/mol. The third-order valence-corrected chi connectivity index (χ3v) is 5.55. The Bertz CT molecular complexity index is 1120. The number of para-hydroxylation sites is 1. The summed E-state index contributed by atoms with van der Waals surface area (Å²) < 4.78 is 1.29. The second-order valence-electron chi connectivity index (χ2n) is 5.67. The highest BCUT2D eigenvalue weighted by Crippen LogP contribution is 2.29. The first-order valence-corrected chi connectivity index (χ1v) is 9.86. The molecule has 0 atom stereocenters. The summed E-state index contributed by atoms with van der Waals surface area (Å²) in [6.45, 7) is -0.113. The van der Waals surface area contributed by atoms with E-state index in [-0.39, 0.29) is 18.0 Å². The SMILES string of the molecule is O=C(Cn1cncc(-c2nc(-c3cccs3)cs2)c1=O)Nc1ccccc1. The fourth-order valence-corrected chi connectivity index (χ4v) is 4.10. The maximum absolute atomic E-state index is 12.8. The number of hydrogen-bond donors (Lipinski definition) is 1.